The Kier molecular flexibility index (Phi) is 5.21. The van der Waals surface area contributed by atoms with Crippen molar-refractivity contribution < 1.29 is 13.2 Å². The second-order valence-electron chi connectivity index (χ2n) is 5.14. The van der Waals surface area contributed by atoms with Gasteiger partial charge in [0.2, 0.25) is 5.91 Å². The minimum atomic E-state index is -3.15. The van der Waals surface area contributed by atoms with Crippen LogP contribution in [0.1, 0.15) is 42.7 Å². The van der Waals surface area contributed by atoms with Crippen molar-refractivity contribution in [2.75, 3.05) is 18.8 Å². The van der Waals surface area contributed by atoms with E-state index in [0.29, 0.717) is 25.9 Å². The lowest BCUT2D eigenvalue weighted by atomic mass is 10.2. The Morgan fingerprint density at radius 2 is 2.25 bits per heavy atom. The Labute approximate surface area is 124 Å². The molecule has 1 aromatic heterocycles. The minimum absolute atomic E-state index is 0.0768. The Hall–Kier alpha value is -0.880. The summed E-state index contributed by atoms with van der Waals surface area (Å²) in [6.07, 6.45) is 2.90. The summed E-state index contributed by atoms with van der Waals surface area (Å²) >= 11 is 1.48. The van der Waals surface area contributed by atoms with Crippen LogP contribution in [0.25, 0.3) is 0 Å². The van der Waals surface area contributed by atoms with E-state index in [9.17, 15) is 13.2 Å². The van der Waals surface area contributed by atoms with E-state index in [0.717, 1.165) is 17.7 Å². The summed E-state index contributed by atoms with van der Waals surface area (Å²) < 4.78 is 24.7. The summed E-state index contributed by atoms with van der Waals surface area (Å²) in [4.78, 5) is 14.7. The number of unbranched alkanes of at least 4 members (excludes halogenated alkanes) is 1. The molecular formula is C14H21NO3S2. The van der Waals surface area contributed by atoms with Gasteiger partial charge in [-0.05, 0) is 24.3 Å². The minimum Gasteiger partial charge on any atom is -0.342 e. The van der Waals surface area contributed by atoms with Crippen molar-refractivity contribution in [3.63, 3.8) is 0 Å². The summed E-state index contributed by atoms with van der Waals surface area (Å²) in [6.45, 7) is 2.93. The molecule has 1 unspecified atom stereocenters. The molecule has 112 valence electrons. The lowest BCUT2D eigenvalue weighted by Crippen LogP contribution is -2.33. The van der Waals surface area contributed by atoms with Gasteiger partial charge in [0.15, 0.2) is 9.84 Å². The molecule has 1 fully saturated rings. The van der Waals surface area contributed by atoms with Crippen molar-refractivity contribution in [3.05, 3.63) is 22.4 Å². The highest BCUT2D eigenvalue weighted by atomic mass is 32.2. The van der Waals surface area contributed by atoms with Gasteiger partial charge in [0, 0.05) is 24.4 Å². The predicted molar refractivity (Wildman–Crippen MR) is 81.6 cm³/mol. The Morgan fingerprint density at radius 1 is 1.45 bits per heavy atom. The third kappa shape index (κ3) is 3.61. The molecule has 1 saturated heterocycles. The van der Waals surface area contributed by atoms with Crippen LogP contribution in [0.15, 0.2) is 17.5 Å². The normalized spacial score (nSPS) is 22.4. The summed E-state index contributed by atoms with van der Waals surface area (Å²) in [6, 6.07) is 3.76. The van der Waals surface area contributed by atoms with Crippen molar-refractivity contribution in [2.45, 2.75) is 37.9 Å². The van der Waals surface area contributed by atoms with Crippen molar-refractivity contribution in [1.29, 1.82) is 0 Å². The van der Waals surface area contributed by atoms with E-state index in [4.69, 9.17) is 0 Å². The standard InChI is InChI=1S/C14H21NO3S2/c1-2-3-6-14(16)15-8-7-13(12-5-4-10-19-12)20(17,18)11-9-15/h4-5,10,13H,2-3,6-9,11H2,1H3. The number of carbonyl (C=O) groups excluding carboxylic acids is 1. The van der Waals surface area contributed by atoms with Crippen LogP contribution in [-0.4, -0.2) is 38.1 Å². The summed E-state index contributed by atoms with van der Waals surface area (Å²) in [5.41, 5.74) is 0. The fourth-order valence-corrected chi connectivity index (χ4v) is 5.48. The first-order valence-electron chi connectivity index (χ1n) is 7.07. The van der Waals surface area contributed by atoms with Gasteiger partial charge < -0.3 is 4.90 Å². The fourth-order valence-electron chi connectivity index (χ4n) is 2.47. The summed E-state index contributed by atoms with van der Waals surface area (Å²) in [5, 5.41) is 1.46. The molecule has 1 atom stereocenters. The number of amides is 1. The monoisotopic (exact) mass is 315 g/mol. The SMILES string of the molecule is CCCCC(=O)N1CCC(c2cccs2)S(=O)(=O)CC1. The van der Waals surface area contributed by atoms with Gasteiger partial charge in [0.25, 0.3) is 0 Å². The summed E-state index contributed by atoms with van der Waals surface area (Å²) in [5.74, 6) is 0.168. The van der Waals surface area contributed by atoms with Crippen LogP contribution < -0.4 is 0 Å². The number of carbonyl (C=O) groups is 1. The Morgan fingerprint density at radius 3 is 2.90 bits per heavy atom. The zero-order valence-corrected chi connectivity index (χ0v) is 13.4. The number of hydrogen-bond donors (Lipinski definition) is 0. The van der Waals surface area contributed by atoms with Gasteiger partial charge in [0.05, 0.1) is 11.0 Å². The molecule has 1 aliphatic heterocycles. The van der Waals surface area contributed by atoms with Gasteiger partial charge in [-0.1, -0.05) is 19.4 Å². The second-order valence-corrected chi connectivity index (χ2v) is 8.43. The van der Waals surface area contributed by atoms with Crippen LogP contribution in [0.3, 0.4) is 0 Å². The molecule has 0 radical (unpaired) electrons. The largest absolute Gasteiger partial charge is 0.342 e. The first-order valence-corrected chi connectivity index (χ1v) is 9.67. The zero-order valence-electron chi connectivity index (χ0n) is 11.7. The quantitative estimate of drug-likeness (QED) is 0.858. The van der Waals surface area contributed by atoms with Crippen LogP contribution in [-0.2, 0) is 14.6 Å². The van der Waals surface area contributed by atoms with Crippen LogP contribution in [0.5, 0.6) is 0 Å². The van der Waals surface area contributed by atoms with E-state index in [-0.39, 0.29) is 11.7 Å². The molecule has 6 heteroatoms. The average molecular weight is 315 g/mol. The first kappa shape index (κ1) is 15.5. The smallest absolute Gasteiger partial charge is 0.222 e. The zero-order chi connectivity index (χ0) is 14.6. The average Bonchev–Trinajstić information content (AvgIpc) is 2.88. The van der Waals surface area contributed by atoms with E-state index < -0.39 is 15.1 Å². The van der Waals surface area contributed by atoms with Crippen LogP contribution >= 0.6 is 11.3 Å². The van der Waals surface area contributed by atoms with Crippen molar-refractivity contribution in [2.24, 2.45) is 0 Å². The molecule has 1 aliphatic rings. The van der Waals surface area contributed by atoms with E-state index in [2.05, 4.69) is 0 Å². The molecule has 1 amide bonds. The first-order chi connectivity index (χ1) is 9.54. The predicted octanol–water partition coefficient (Wildman–Crippen LogP) is 2.63. The van der Waals surface area contributed by atoms with Crippen LogP contribution in [0.2, 0.25) is 0 Å². The van der Waals surface area contributed by atoms with E-state index in [1.807, 2.05) is 24.4 Å². The highest BCUT2D eigenvalue weighted by Crippen LogP contribution is 2.32. The van der Waals surface area contributed by atoms with E-state index in [1.54, 1.807) is 4.90 Å². The van der Waals surface area contributed by atoms with Gasteiger partial charge in [-0.15, -0.1) is 11.3 Å². The van der Waals surface area contributed by atoms with E-state index >= 15 is 0 Å². The maximum absolute atomic E-state index is 12.4. The highest BCUT2D eigenvalue weighted by molar-refractivity contribution is 7.91. The van der Waals surface area contributed by atoms with Crippen molar-refractivity contribution in [3.8, 4) is 0 Å². The van der Waals surface area contributed by atoms with Gasteiger partial charge in [-0.3, -0.25) is 4.79 Å². The van der Waals surface area contributed by atoms with Crippen LogP contribution in [0, 0.1) is 0 Å². The third-order valence-corrected chi connectivity index (χ3v) is 6.94. The van der Waals surface area contributed by atoms with Crippen molar-refractivity contribution >= 4 is 27.1 Å². The third-order valence-electron chi connectivity index (χ3n) is 3.70. The number of sulfone groups is 1. The topological polar surface area (TPSA) is 54.5 Å². The van der Waals surface area contributed by atoms with Gasteiger partial charge in [0.1, 0.15) is 0 Å². The molecule has 0 aromatic carbocycles. The molecule has 0 spiro atoms. The van der Waals surface area contributed by atoms with Gasteiger partial charge in [-0.25, -0.2) is 8.42 Å². The lowest BCUT2D eigenvalue weighted by Gasteiger charge is -2.19. The Bertz CT molecular complexity index is 537. The maximum Gasteiger partial charge on any atom is 0.222 e. The molecule has 20 heavy (non-hydrogen) atoms. The molecule has 2 heterocycles. The molecule has 0 aliphatic carbocycles. The van der Waals surface area contributed by atoms with E-state index in [1.165, 1.54) is 11.3 Å². The molecule has 2 rings (SSSR count). The number of thiophene rings is 1. The summed E-state index contributed by atoms with van der Waals surface area (Å²) in [7, 11) is -3.15. The maximum atomic E-state index is 12.4. The number of rotatable bonds is 4. The molecule has 0 saturated carbocycles. The van der Waals surface area contributed by atoms with Crippen LogP contribution in [0.4, 0.5) is 0 Å². The fraction of sp³-hybridized carbons (Fsp3) is 0.643. The molecule has 0 N–H and O–H groups in total. The second kappa shape index (κ2) is 6.72. The van der Waals surface area contributed by atoms with Gasteiger partial charge >= 0.3 is 0 Å². The number of hydrogen-bond acceptors (Lipinski definition) is 4. The molecule has 1 aromatic rings. The lowest BCUT2D eigenvalue weighted by molar-refractivity contribution is -0.131. The molecule has 4 nitrogen and oxygen atoms in total. The molecule has 0 bridgehead atoms. The van der Waals surface area contributed by atoms with Crippen molar-refractivity contribution in [1.82, 2.24) is 4.90 Å². The highest BCUT2D eigenvalue weighted by Gasteiger charge is 2.32. The number of nitrogens with zero attached hydrogens (tertiary/aromatic N) is 1. The molecular weight excluding hydrogens is 294 g/mol. The van der Waals surface area contributed by atoms with Gasteiger partial charge in [-0.2, -0.15) is 0 Å². The Balaban J connectivity index is 2.08.